The maximum Gasteiger partial charge on any atom is 0.134 e. The third kappa shape index (κ3) is 1.71. The second-order valence-corrected chi connectivity index (χ2v) is 6.37. The first-order valence-corrected chi connectivity index (χ1v) is 8.13. The highest BCUT2D eigenvalue weighted by molar-refractivity contribution is 5.79. The second-order valence-electron chi connectivity index (χ2n) is 6.37. The van der Waals surface area contributed by atoms with Crippen LogP contribution in [0.1, 0.15) is 23.8 Å². The van der Waals surface area contributed by atoms with Gasteiger partial charge in [0.1, 0.15) is 22.8 Å². The van der Waals surface area contributed by atoms with E-state index in [1.54, 1.807) is 0 Å². The summed E-state index contributed by atoms with van der Waals surface area (Å²) < 4.78 is 12.4. The van der Waals surface area contributed by atoms with Crippen LogP contribution in [-0.4, -0.2) is 0 Å². The minimum atomic E-state index is -0.384. The first-order chi connectivity index (χ1) is 11.8. The highest BCUT2D eigenvalue weighted by atomic mass is 16.5. The summed E-state index contributed by atoms with van der Waals surface area (Å²) in [5.41, 5.74) is 2.78. The number of hydrogen-bond donors (Lipinski definition) is 0. The van der Waals surface area contributed by atoms with Gasteiger partial charge in [0.2, 0.25) is 0 Å². The van der Waals surface area contributed by atoms with Gasteiger partial charge in [-0.15, -0.1) is 0 Å². The van der Waals surface area contributed by atoms with Crippen molar-refractivity contribution in [3.8, 4) is 11.5 Å². The van der Waals surface area contributed by atoms with Gasteiger partial charge in [0, 0.05) is 16.5 Å². The van der Waals surface area contributed by atoms with Crippen LogP contribution in [-0.2, 0) is 5.41 Å². The molecule has 2 nitrogen and oxygen atoms in total. The van der Waals surface area contributed by atoms with E-state index in [9.17, 15) is 0 Å². The van der Waals surface area contributed by atoms with Crippen molar-refractivity contribution in [3.63, 3.8) is 0 Å². The molecule has 24 heavy (non-hydrogen) atoms. The van der Waals surface area contributed by atoms with Gasteiger partial charge in [-0.05, 0) is 31.2 Å². The molecule has 0 amide bonds. The van der Waals surface area contributed by atoms with Crippen LogP contribution in [0.5, 0.6) is 11.5 Å². The molecule has 116 valence electrons. The summed E-state index contributed by atoms with van der Waals surface area (Å²) in [7, 11) is 0. The smallest absolute Gasteiger partial charge is 0.134 e. The SMILES string of the molecule is CC1(c2cc3ccccc3o2)c2ccccc2Oc2ccccc21. The maximum atomic E-state index is 6.27. The molecular weight excluding hydrogens is 296 g/mol. The summed E-state index contributed by atoms with van der Waals surface area (Å²) in [4.78, 5) is 0. The van der Waals surface area contributed by atoms with Crippen LogP contribution in [0.15, 0.2) is 83.3 Å². The summed E-state index contributed by atoms with van der Waals surface area (Å²) in [6.45, 7) is 2.21. The Kier molecular flexibility index (Phi) is 2.66. The second kappa shape index (κ2) is 4.75. The van der Waals surface area contributed by atoms with Gasteiger partial charge in [-0.1, -0.05) is 54.6 Å². The molecule has 4 aromatic rings. The van der Waals surface area contributed by atoms with Crippen molar-refractivity contribution in [3.05, 3.63) is 95.7 Å². The predicted octanol–water partition coefficient (Wildman–Crippen LogP) is 5.89. The molecule has 1 aromatic heterocycles. The van der Waals surface area contributed by atoms with E-state index in [0.29, 0.717) is 0 Å². The van der Waals surface area contributed by atoms with Crippen LogP contribution in [0.25, 0.3) is 11.0 Å². The van der Waals surface area contributed by atoms with E-state index in [4.69, 9.17) is 9.15 Å². The third-order valence-electron chi connectivity index (χ3n) is 4.99. The molecule has 0 saturated carbocycles. The summed E-state index contributed by atoms with van der Waals surface area (Å²) in [6, 6.07) is 26.7. The molecule has 0 atom stereocenters. The molecule has 0 unspecified atom stereocenters. The fraction of sp³-hybridized carbons (Fsp3) is 0.0909. The molecule has 0 fully saturated rings. The number of para-hydroxylation sites is 3. The van der Waals surface area contributed by atoms with E-state index in [-0.39, 0.29) is 5.41 Å². The molecule has 5 rings (SSSR count). The molecule has 3 aromatic carbocycles. The lowest BCUT2D eigenvalue weighted by molar-refractivity contribution is 0.395. The van der Waals surface area contributed by atoms with Gasteiger partial charge in [0.15, 0.2) is 0 Å². The Labute approximate surface area is 140 Å². The predicted molar refractivity (Wildman–Crippen MR) is 94.7 cm³/mol. The fourth-order valence-corrected chi connectivity index (χ4v) is 3.69. The molecule has 1 aliphatic heterocycles. The van der Waals surface area contributed by atoms with Crippen molar-refractivity contribution >= 4 is 11.0 Å². The Hall–Kier alpha value is -3.00. The lowest BCUT2D eigenvalue weighted by Crippen LogP contribution is -2.28. The van der Waals surface area contributed by atoms with E-state index < -0.39 is 0 Å². The fourth-order valence-electron chi connectivity index (χ4n) is 3.69. The molecule has 2 heteroatoms. The van der Waals surface area contributed by atoms with Crippen molar-refractivity contribution in [2.75, 3.05) is 0 Å². The molecule has 0 bridgehead atoms. The van der Waals surface area contributed by atoms with Crippen LogP contribution >= 0.6 is 0 Å². The van der Waals surface area contributed by atoms with E-state index in [0.717, 1.165) is 39.4 Å². The molecule has 1 aliphatic rings. The van der Waals surface area contributed by atoms with Crippen LogP contribution in [0, 0.1) is 0 Å². The monoisotopic (exact) mass is 312 g/mol. The lowest BCUT2D eigenvalue weighted by Gasteiger charge is -2.35. The van der Waals surface area contributed by atoms with Crippen LogP contribution < -0.4 is 4.74 Å². The van der Waals surface area contributed by atoms with Crippen LogP contribution in [0.4, 0.5) is 0 Å². The Morgan fingerprint density at radius 3 is 1.96 bits per heavy atom. The zero-order valence-electron chi connectivity index (χ0n) is 13.3. The van der Waals surface area contributed by atoms with E-state index in [2.05, 4.69) is 43.3 Å². The first kappa shape index (κ1) is 13.4. The highest BCUT2D eigenvalue weighted by Crippen LogP contribution is 2.51. The standard InChI is InChI=1S/C22H16O2/c1-22(21-14-15-8-2-5-11-18(15)24-21)16-9-3-6-12-19(16)23-20-13-7-4-10-17(20)22/h2-14H,1H3. The van der Waals surface area contributed by atoms with E-state index in [1.807, 2.05) is 42.5 Å². The lowest BCUT2D eigenvalue weighted by atomic mass is 9.72. The molecular formula is C22H16O2. The zero-order chi connectivity index (χ0) is 16.1. The van der Waals surface area contributed by atoms with Gasteiger partial charge >= 0.3 is 0 Å². The van der Waals surface area contributed by atoms with Gasteiger partial charge in [0.05, 0.1) is 5.41 Å². The highest BCUT2D eigenvalue weighted by Gasteiger charge is 2.42. The van der Waals surface area contributed by atoms with Gasteiger partial charge in [-0.2, -0.15) is 0 Å². The number of benzene rings is 3. The van der Waals surface area contributed by atoms with Crippen molar-refractivity contribution in [2.45, 2.75) is 12.3 Å². The summed E-state index contributed by atoms with van der Waals surface area (Å²) >= 11 is 0. The molecule has 2 heterocycles. The summed E-state index contributed by atoms with van der Waals surface area (Å²) in [5, 5.41) is 1.12. The number of fused-ring (bicyclic) bond motifs is 3. The quantitative estimate of drug-likeness (QED) is 0.437. The molecule has 0 aliphatic carbocycles. The summed E-state index contributed by atoms with van der Waals surface area (Å²) in [6.07, 6.45) is 0. The third-order valence-corrected chi connectivity index (χ3v) is 4.99. The molecule has 0 saturated heterocycles. The Balaban J connectivity index is 1.85. The minimum absolute atomic E-state index is 0.384. The van der Waals surface area contributed by atoms with Crippen molar-refractivity contribution < 1.29 is 9.15 Å². The van der Waals surface area contributed by atoms with Gasteiger partial charge in [0.25, 0.3) is 0 Å². The van der Waals surface area contributed by atoms with E-state index in [1.165, 1.54) is 0 Å². The van der Waals surface area contributed by atoms with Gasteiger partial charge < -0.3 is 9.15 Å². The summed E-state index contributed by atoms with van der Waals surface area (Å²) in [5.74, 6) is 2.71. The average molecular weight is 312 g/mol. The Morgan fingerprint density at radius 2 is 1.29 bits per heavy atom. The molecule has 0 spiro atoms. The molecule has 0 N–H and O–H groups in total. The minimum Gasteiger partial charge on any atom is -0.460 e. The number of hydrogen-bond acceptors (Lipinski definition) is 2. The van der Waals surface area contributed by atoms with Crippen molar-refractivity contribution in [2.24, 2.45) is 0 Å². The van der Waals surface area contributed by atoms with Crippen LogP contribution in [0.3, 0.4) is 0 Å². The largest absolute Gasteiger partial charge is 0.460 e. The van der Waals surface area contributed by atoms with Crippen molar-refractivity contribution in [1.82, 2.24) is 0 Å². The van der Waals surface area contributed by atoms with Gasteiger partial charge in [-0.25, -0.2) is 0 Å². The van der Waals surface area contributed by atoms with Crippen LogP contribution in [0.2, 0.25) is 0 Å². The van der Waals surface area contributed by atoms with Crippen molar-refractivity contribution in [1.29, 1.82) is 0 Å². The maximum absolute atomic E-state index is 6.27. The topological polar surface area (TPSA) is 22.4 Å². The zero-order valence-corrected chi connectivity index (χ0v) is 13.3. The Bertz CT molecular complexity index is 980. The number of ether oxygens (including phenoxy) is 1. The Morgan fingerprint density at radius 1 is 0.708 bits per heavy atom. The van der Waals surface area contributed by atoms with E-state index >= 15 is 0 Å². The normalized spacial score (nSPS) is 14.7. The molecule has 0 radical (unpaired) electrons. The number of furan rings is 1. The van der Waals surface area contributed by atoms with Gasteiger partial charge in [-0.3, -0.25) is 0 Å². The number of rotatable bonds is 1. The average Bonchev–Trinajstić information content (AvgIpc) is 3.07. The first-order valence-electron chi connectivity index (χ1n) is 8.13.